The van der Waals surface area contributed by atoms with Crippen molar-refractivity contribution in [3.05, 3.63) is 77.5 Å². The highest BCUT2D eigenvalue weighted by atomic mass is 19.3. The number of rotatable bonds is 7. The highest BCUT2D eigenvalue weighted by Crippen LogP contribution is 2.26. The lowest BCUT2D eigenvalue weighted by molar-refractivity contribution is 0.145. The minimum atomic E-state index is -2.84. The molecule has 0 aliphatic carbocycles. The van der Waals surface area contributed by atoms with Crippen LogP contribution in [0.15, 0.2) is 54.9 Å². The number of aromatic nitrogens is 7. The summed E-state index contributed by atoms with van der Waals surface area (Å²) in [4.78, 5) is 9.08. The number of nitrogens with zero attached hydrogens (tertiary/aromatic N) is 8. The van der Waals surface area contributed by atoms with Crippen LogP contribution in [0.4, 0.5) is 20.3 Å². The molecule has 0 aliphatic rings. The summed E-state index contributed by atoms with van der Waals surface area (Å²) >= 11 is 0. The van der Waals surface area contributed by atoms with Crippen LogP contribution in [0.5, 0.6) is 0 Å². The highest BCUT2D eigenvalue weighted by molar-refractivity contribution is 5.82. The quantitative estimate of drug-likeness (QED) is 0.355. The molecule has 4 aromatic heterocycles. The van der Waals surface area contributed by atoms with E-state index in [4.69, 9.17) is 0 Å². The lowest BCUT2D eigenvalue weighted by Crippen LogP contribution is -2.10. The second kappa shape index (κ2) is 9.47. The van der Waals surface area contributed by atoms with Gasteiger partial charge < -0.3 is 10.4 Å². The number of alkyl halides is 2. The lowest BCUT2D eigenvalue weighted by atomic mass is 10.2. The van der Waals surface area contributed by atoms with E-state index < -0.39 is 12.1 Å². The molecule has 5 rings (SSSR count). The van der Waals surface area contributed by atoms with Crippen molar-refractivity contribution < 1.29 is 13.9 Å². The molecule has 0 spiro atoms. The monoisotopic (exact) mass is 487 g/mol. The number of aliphatic hydroxyl groups excluding tert-OH is 1. The van der Waals surface area contributed by atoms with Crippen LogP contribution >= 0.6 is 0 Å². The summed E-state index contributed by atoms with van der Waals surface area (Å²) in [6.07, 6.45) is -1.04. The third kappa shape index (κ3) is 4.35. The largest absolute Gasteiger partial charge is 0.396 e. The second-order valence-corrected chi connectivity index (χ2v) is 7.91. The van der Waals surface area contributed by atoms with Crippen molar-refractivity contribution in [3.63, 3.8) is 0 Å². The fraction of sp³-hybridized carbons (Fsp3) is 0.167. The molecule has 1 aromatic carbocycles. The lowest BCUT2D eigenvalue weighted by Gasteiger charge is -2.12. The van der Waals surface area contributed by atoms with Crippen molar-refractivity contribution in [3.8, 4) is 17.7 Å². The van der Waals surface area contributed by atoms with Gasteiger partial charge in [-0.1, -0.05) is 6.07 Å². The van der Waals surface area contributed by atoms with Gasteiger partial charge in [0.25, 0.3) is 6.43 Å². The zero-order valence-electron chi connectivity index (χ0n) is 19.0. The molecular weight excluding hydrogens is 468 g/mol. The summed E-state index contributed by atoms with van der Waals surface area (Å²) in [7, 11) is 0. The van der Waals surface area contributed by atoms with Gasteiger partial charge in [0.15, 0.2) is 11.6 Å². The number of anilines is 2. The van der Waals surface area contributed by atoms with Gasteiger partial charge in [-0.3, -0.25) is 4.57 Å². The molecule has 2 N–H and O–H groups in total. The summed E-state index contributed by atoms with van der Waals surface area (Å²) in [5, 5.41) is 34.2. The molecule has 0 atom stereocenters. The van der Waals surface area contributed by atoms with Crippen molar-refractivity contribution in [1.82, 2.24) is 34.5 Å². The van der Waals surface area contributed by atoms with Crippen LogP contribution < -0.4 is 5.32 Å². The fourth-order valence-electron chi connectivity index (χ4n) is 3.73. The number of pyridine rings is 1. The molecule has 180 valence electrons. The van der Waals surface area contributed by atoms with E-state index in [0.717, 1.165) is 27.6 Å². The zero-order valence-corrected chi connectivity index (χ0v) is 19.0. The van der Waals surface area contributed by atoms with Gasteiger partial charge in [-0.2, -0.15) is 15.5 Å². The van der Waals surface area contributed by atoms with Crippen molar-refractivity contribution in [2.75, 3.05) is 11.9 Å². The number of nitrogens with one attached hydrogen (secondary N) is 1. The fourth-order valence-corrected chi connectivity index (χ4v) is 3.73. The predicted octanol–water partition coefficient (Wildman–Crippen LogP) is 3.79. The summed E-state index contributed by atoms with van der Waals surface area (Å²) in [5.41, 5.74) is 2.95. The molecule has 5 aromatic rings. The Kier molecular flexibility index (Phi) is 6.05. The van der Waals surface area contributed by atoms with Gasteiger partial charge in [-0.15, -0.1) is 5.10 Å². The molecule has 0 unspecified atom stereocenters. The van der Waals surface area contributed by atoms with E-state index in [2.05, 4.69) is 30.6 Å². The van der Waals surface area contributed by atoms with E-state index in [9.17, 15) is 19.1 Å². The first kappa shape index (κ1) is 23.0. The topological polar surface area (TPSA) is 130 Å². The van der Waals surface area contributed by atoms with Crippen molar-refractivity contribution in [2.24, 2.45) is 0 Å². The molecule has 0 saturated carbocycles. The molecule has 10 nitrogen and oxygen atoms in total. The van der Waals surface area contributed by atoms with Crippen LogP contribution in [0.3, 0.4) is 0 Å². The molecule has 4 heterocycles. The van der Waals surface area contributed by atoms with Crippen LogP contribution in [0.1, 0.15) is 29.1 Å². The maximum absolute atomic E-state index is 13.3. The molecule has 12 heteroatoms. The molecular formula is C24H19F2N9O. The van der Waals surface area contributed by atoms with Crippen molar-refractivity contribution in [2.45, 2.75) is 19.8 Å². The number of benzene rings is 1. The Labute approximate surface area is 203 Å². The van der Waals surface area contributed by atoms with Gasteiger partial charge in [-0.05, 0) is 55.3 Å². The van der Waals surface area contributed by atoms with E-state index in [1.54, 1.807) is 23.0 Å². The van der Waals surface area contributed by atoms with Crippen molar-refractivity contribution >= 4 is 22.5 Å². The number of aliphatic hydroxyl groups is 1. The third-order valence-electron chi connectivity index (χ3n) is 5.45. The SMILES string of the molecule is Cc1ccc(Nc2ccc3c(c2)ncn3-c2ccc(CCO)c(-n3nc(C(F)F)cc3C#N)n2)nn1. The second-order valence-electron chi connectivity index (χ2n) is 7.91. The Hall–Kier alpha value is -4.76. The standard InChI is InChI=1S/C24H19F2N9O/c1-14-2-6-21(32-31-14)29-16-4-5-20-18(10-16)28-13-34(20)22-7-3-15(8-9-36)24(30-22)35-17(12-27)11-19(33-35)23(25)26/h2-7,10-11,13,23,36H,8-9H2,1H3,(H,29,32). The third-order valence-corrected chi connectivity index (χ3v) is 5.45. The normalized spacial score (nSPS) is 11.2. The Morgan fingerprint density at radius 3 is 2.69 bits per heavy atom. The molecule has 0 radical (unpaired) electrons. The van der Waals surface area contributed by atoms with Gasteiger partial charge in [0.05, 0.1) is 16.7 Å². The molecule has 36 heavy (non-hydrogen) atoms. The van der Waals surface area contributed by atoms with E-state index in [1.807, 2.05) is 43.3 Å². The molecule has 0 aliphatic heterocycles. The van der Waals surface area contributed by atoms with Crippen LogP contribution in [0.25, 0.3) is 22.7 Å². The zero-order chi connectivity index (χ0) is 25.2. The first-order valence-corrected chi connectivity index (χ1v) is 10.9. The van der Waals surface area contributed by atoms with Crippen molar-refractivity contribution in [1.29, 1.82) is 5.26 Å². The number of imidazole rings is 1. The number of hydrogen-bond donors (Lipinski definition) is 2. The molecule has 0 bridgehead atoms. The Balaban J connectivity index is 1.55. The van der Waals surface area contributed by atoms with E-state index in [-0.39, 0.29) is 24.5 Å². The smallest absolute Gasteiger partial charge is 0.282 e. The molecule has 0 fully saturated rings. The summed E-state index contributed by atoms with van der Waals surface area (Å²) in [6, 6.07) is 15.6. The summed E-state index contributed by atoms with van der Waals surface area (Å²) in [6.45, 7) is 1.67. The number of halogens is 2. The van der Waals surface area contributed by atoms with Gasteiger partial charge >= 0.3 is 0 Å². The minimum absolute atomic E-state index is 0.0837. The first-order chi connectivity index (χ1) is 17.5. The van der Waals surface area contributed by atoms with Crippen LogP contribution in [-0.2, 0) is 6.42 Å². The average molecular weight is 487 g/mol. The minimum Gasteiger partial charge on any atom is -0.396 e. The number of hydrogen-bond acceptors (Lipinski definition) is 8. The highest BCUT2D eigenvalue weighted by Gasteiger charge is 2.20. The van der Waals surface area contributed by atoms with E-state index in [1.165, 1.54) is 0 Å². The number of fused-ring (bicyclic) bond motifs is 1. The van der Waals surface area contributed by atoms with Gasteiger partial charge in [-0.25, -0.2) is 23.4 Å². The van der Waals surface area contributed by atoms with Crippen LogP contribution in [0, 0.1) is 18.3 Å². The predicted molar refractivity (Wildman–Crippen MR) is 127 cm³/mol. The molecule has 0 amide bonds. The van der Waals surface area contributed by atoms with E-state index >= 15 is 0 Å². The van der Waals surface area contributed by atoms with Gasteiger partial charge in [0, 0.05) is 18.4 Å². The Bertz CT molecular complexity index is 1590. The average Bonchev–Trinajstić information content (AvgIpc) is 3.50. The summed E-state index contributed by atoms with van der Waals surface area (Å²) < 4.78 is 29.3. The Morgan fingerprint density at radius 1 is 1.11 bits per heavy atom. The van der Waals surface area contributed by atoms with Gasteiger partial charge in [0.2, 0.25) is 0 Å². The maximum atomic E-state index is 13.3. The number of aryl methyl sites for hydroxylation is 1. The summed E-state index contributed by atoms with van der Waals surface area (Å²) in [5.74, 6) is 1.22. The first-order valence-electron chi connectivity index (χ1n) is 10.9. The van der Waals surface area contributed by atoms with Crippen LogP contribution in [0.2, 0.25) is 0 Å². The van der Waals surface area contributed by atoms with Gasteiger partial charge in [0.1, 0.15) is 29.6 Å². The van der Waals surface area contributed by atoms with Crippen LogP contribution in [-0.4, -0.2) is 46.2 Å². The molecule has 0 saturated heterocycles. The number of nitriles is 1. The Morgan fingerprint density at radius 2 is 1.97 bits per heavy atom. The maximum Gasteiger partial charge on any atom is 0.282 e. The van der Waals surface area contributed by atoms with E-state index in [0.29, 0.717) is 22.7 Å².